The summed E-state index contributed by atoms with van der Waals surface area (Å²) in [4.78, 5) is 0. The first-order valence-corrected chi connectivity index (χ1v) is 12.9. The molecule has 6 heteroatoms. The van der Waals surface area contributed by atoms with Gasteiger partial charge in [0.05, 0.1) is 19.8 Å². The van der Waals surface area contributed by atoms with Crippen molar-refractivity contribution >= 4 is 0 Å². The molecule has 3 nitrogen and oxygen atoms in total. The SMILES string of the molecule is C/C=C/CCC1COC(c2ccc(-c3ccc(-c4ccc(OCCCC)c(F)c4F)cc3)c(F)c2)OC1. The second kappa shape index (κ2) is 12.9. The average Bonchev–Trinajstić information content (AvgIpc) is 2.92. The Morgan fingerprint density at radius 3 is 2.22 bits per heavy atom. The minimum atomic E-state index is -1.00. The van der Waals surface area contributed by atoms with E-state index >= 15 is 4.39 Å². The summed E-state index contributed by atoms with van der Waals surface area (Å²) in [6.45, 7) is 5.49. The first-order chi connectivity index (χ1) is 18.0. The molecule has 1 heterocycles. The molecule has 0 amide bonds. The van der Waals surface area contributed by atoms with E-state index in [1.807, 2.05) is 19.9 Å². The van der Waals surface area contributed by atoms with Crippen LogP contribution in [0.4, 0.5) is 13.2 Å². The summed E-state index contributed by atoms with van der Waals surface area (Å²) < 4.78 is 61.3. The molecule has 1 saturated heterocycles. The topological polar surface area (TPSA) is 27.7 Å². The second-order valence-corrected chi connectivity index (χ2v) is 9.27. The van der Waals surface area contributed by atoms with Gasteiger partial charge in [-0.25, -0.2) is 8.78 Å². The van der Waals surface area contributed by atoms with Crippen molar-refractivity contribution in [1.82, 2.24) is 0 Å². The Kier molecular flexibility index (Phi) is 9.42. The molecule has 3 aromatic carbocycles. The molecule has 0 saturated carbocycles. The van der Waals surface area contributed by atoms with E-state index in [1.165, 1.54) is 18.2 Å². The molecule has 0 N–H and O–H groups in total. The lowest BCUT2D eigenvalue weighted by Crippen LogP contribution is -2.27. The number of unbranched alkanes of at least 4 members (excludes halogenated alkanes) is 1. The molecule has 0 atom stereocenters. The number of hydrogen-bond donors (Lipinski definition) is 0. The average molecular weight is 511 g/mol. The Bertz CT molecular complexity index is 1200. The van der Waals surface area contributed by atoms with Gasteiger partial charge in [-0.2, -0.15) is 4.39 Å². The lowest BCUT2D eigenvalue weighted by molar-refractivity contribution is -0.205. The number of halogens is 3. The third-order valence-corrected chi connectivity index (χ3v) is 6.52. The van der Waals surface area contributed by atoms with Crippen LogP contribution in [0.25, 0.3) is 22.3 Å². The quantitative estimate of drug-likeness (QED) is 0.202. The normalized spacial score (nSPS) is 17.9. The van der Waals surface area contributed by atoms with Gasteiger partial charge in [0.15, 0.2) is 17.9 Å². The Balaban J connectivity index is 1.43. The zero-order valence-corrected chi connectivity index (χ0v) is 21.3. The molecule has 0 unspecified atom stereocenters. The molecule has 1 fully saturated rings. The van der Waals surface area contributed by atoms with Gasteiger partial charge in [-0.3, -0.25) is 0 Å². The Morgan fingerprint density at radius 1 is 0.892 bits per heavy atom. The van der Waals surface area contributed by atoms with Crippen LogP contribution in [0.15, 0.2) is 66.7 Å². The fourth-order valence-electron chi connectivity index (χ4n) is 4.33. The highest BCUT2D eigenvalue weighted by molar-refractivity contribution is 5.71. The van der Waals surface area contributed by atoms with Crippen LogP contribution in [-0.2, 0) is 9.47 Å². The van der Waals surface area contributed by atoms with E-state index < -0.39 is 23.7 Å². The van der Waals surface area contributed by atoms with Crippen molar-refractivity contribution in [3.05, 3.63) is 89.8 Å². The molecule has 1 aliphatic heterocycles. The number of benzene rings is 3. The van der Waals surface area contributed by atoms with Gasteiger partial charge in [-0.05, 0) is 55.5 Å². The zero-order valence-electron chi connectivity index (χ0n) is 21.3. The number of hydrogen-bond acceptors (Lipinski definition) is 3. The summed E-state index contributed by atoms with van der Waals surface area (Å²) >= 11 is 0. The summed E-state index contributed by atoms with van der Waals surface area (Å²) in [6.07, 6.45) is 7.22. The van der Waals surface area contributed by atoms with E-state index in [9.17, 15) is 8.78 Å². The van der Waals surface area contributed by atoms with Gasteiger partial charge < -0.3 is 14.2 Å². The second-order valence-electron chi connectivity index (χ2n) is 9.27. The van der Waals surface area contributed by atoms with Crippen LogP contribution in [0.5, 0.6) is 5.75 Å². The van der Waals surface area contributed by atoms with Gasteiger partial charge in [0, 0.05) is 22.6 Å². The largest absolute Gasteiger partial charge is 0.490 e. The molecular weight excluding hydrogens is 477 g/mol. The van der Waals surface area contributed by atoms with Gasteiger partial charge in [0.25, 0.3) is 0 Å². The van der Waals surface area contributed by atoms with Crippen molar-refractivity contribution in [2.75, 3.05) is 19.8 Å². The molecule has 0 spiro atoms. The summed E-state index contributed by atoms with van der Waals surface area (Å²) in [5.74, 6) is -2.13. The smallest absolute Gasteiger partial charge is 0.201 e. The summed E-state index contributed by atoms with van der Waals surface area (Å²) in [7, 11) is 0. The van der Waals surface area contributed by atoms with Crippen molar-refractivity contribution in [2.45, 2.75) is 45.8 Å². The van der Waals surface area contributed by atoms with Gasteiger partial charge in [-0.1, -0.05) is 61.9 Å². The minimum Gasteiger partial charge on any atom is -0.490 e. The van der Waals surface area contributed by atoms with Crippen LogP contribution >= 0.6 is 0 Å². The highest BCUT2D eigenvalue weighted by Gasteiger charge is 2.24. The molecule has 37 heavy (non-hydrogen) atoms. The zero-order chi connectivity index (χ0) is 26.2. The van der Waals surface area contributed by atoms with E-state index in [-0.39, 0.29) is 11.3 Å². The van der Waals surface area contributed by atoms with E-state index in [0.717, 1.165) is 25.7 Å². The highest BCUT2D eigenvalue weighted by atomic mass is 19.2. The van der Waals surface area contributed by atoms with Crippen LogP contribution < -0.4 is 4.74 Å². The van der Waals surface area contributed by atoms with Crippen molar-refractivity contribution in [2.24, 2.45) is 5.92 Å². The summed E-state index contributed by atoms with van der Waals surface area (Å²) in [6, 6.07) is 14.5. The molecule has 0 bridgehead atoms. The third kappa shape index (κ3) is 6.62. The molecule has 4 rings (SSSR count). The van der Waals surface area contributed by atoms with Crippen LogP contribution in [0.1, 0.15) is 51.4 Å². The predicted octanol–water partition coefficient (Wildman–Crippen LogP) is 8.63. The van der Waals surface area contributed by atoms with Crippen molar-refractivity contribution in [1.29, 1.82) is 0 Å². The lowest BCUT2D eigenvalue weighted by Gasteiger charge is -2.29. The monoisotopic (exact) mass is 510 g/mol. The molecule has 3 aromatic rings. The van der Waals surface area contributed by atoms with E-state index in [1.54, 1.807) is 36.4 Å². The summed E-state index contributed by atoms with van der Waals surface area (Å²) in [5.41, 5.74) is 2.27. The van der Waals surface area contributed by atoms with E-state index in [0.29, 0.717) is 48.0 Å². The van der Waals surface area contributed by atoms with Gasteiger partial charge >= 0.3 is 0 Å². The first kappa shape index (κ1) is 27.0. The number of rotatable bonds is 10. The van der Waals surface area contributed by atoms with Crippen LogP contribution in [0.3, 0.4) is 0 Å². The third-order valence-electron chi connectivity index (χ3n) is 6.52. The molecule has 0 aliphatic carbocycles. The van der Waals surface area contributed by atoms with Crippen molar-refractivity contribution in [3.63, 3.8) is 0 Å². The maximum absolute atomic E-state index is 15.0. The van der Waals surface area contributed by atoms with E-state index in [4.69, 9.17) is 14.2 Å². The maximum Gasteiger partial charge on any atom is 0.201 e. The first-order valence-electron chi connectivity index (χ1n) is 12.9. The van der Waals surface area contributed by atoms with Crippen LogP contribution in [0.2, 0.25) is 0 Å². The number of ether oxygens (including phenoxy) is 3. The van der Waals surface area contributed by atoms with Gasteiger partial charge in [0.1, 0.15) is 5.82 Å². The van der Waals surface area contributed by atoms with Crippen LogP contribution in [-0.4, -0.2) is 19.8 Å². The Morgan fingerprint density at radius 2 is 1.57 bits per heavy atom. The fraction of sp³-hybridized carbons (Fsp3) is 0.355. The standard InChI is InChI=1S/C31H33F3O3/c1-3-5-7-8-21-19-36-31(37-20-21)24-13-14-25(27(32)18-24)22-9-11-23(12-10-22)26-15-16-28(30(34)29(26)33)35-17-6-4-2/h3,5,9-16,18,21,31H,4,6-8,17,19-20H2,1-2H3/b5-3+. The highest BCUT2D eigenvalue weighted by Crippen LogP contribution is 2.34. The molecule has 0 radical (unpaired) electrons. The molecule has 1 aliphatic rings. The summed E-state index contributed by atoms with van der Waals surface area (Å²) in [5, 5.41) is 0. The fourth-order valence-corrected chi connectivity index (χ4v) is 4.33. The maximum atomic E-state index is 15.0. The molecule has 196 valence electrons. The van der Waals surface area contributed by atoms with Crippen LogP contribution in [0, 0.1) is 23.4 Å². The van der Waals surface area contributed by atoms with Crippen molar-refractivity contribution < 1.29 is 27.4 Å². The van der Waals surface area contributed by atoms with Crippen molar-refractivity contribution in [3.8, 4) is 28.0 Å². The minimum absolute atomic E-state index is 0.0939. The van der Waals surface area contributed by atoms with Gasteiger partial charge in [0.2, 0.25) is 5.82 Å². The lowest BCUT2D eigenvalue weighted by atomic mass is 9.98. The Hall–Kier alpha value is -3.09. The molecule has 0 aromatic heterocycles. The van der Waals surface area contributed by atoms with E-state index in [2.05, 4.69) is 6.08 Å². The Labute approximate surface area is 216 Å². The van der Waals surface area contributed by atoms with Gasteiger partial charge in [-0.15, -0.1) is 0 Å². The predicted molar refractivity (Wildman–Crippen MR) is 140 cm³/mol. The molecular formula is C31H33F3O3. The number of allylic oxidation sites excluding steroid dienone is 2.